The Bertz CT molecular complexity index is 335. The van der Waals surface area contributed by atoms with Crippen LogP contribution in [0.1, 0.15) is 25.0 Å². The molecular formula is C11H17N3OS. The first-order valence-electron chi connectivity index (χ1n) is 5.60. The molecule has 1 aliphatic rings. The molecule has 1 saturated carbocycles. The average molecular weight is 239 g/mol. The number of nitrogens with one attached hydrogen (secondary N) is 1. The zero-order valence-corrected chi connectivity index (χ0v) is 10.3. The van der Waals surface area contributed by atoms with Crippen molar-refractivity contribution in [3.05, 3.63) is 16.6 Å². The number of aromatic nitrogens is 1. The van der Waals surface area contributed by atoms with Gasteiger partial charge < -0.3 is 10.2 Å². The molecule has 0 spiro atoms. The van der Waals surface area contributed by atoms with E-state index >= 15 is 0 Å². The summed E-state index contributed by atoms with van der Waals surface area (Å²) in [6, 6.07) is 0.677. The lowest BCUT2D eigenvalue weighted by Gasteiger charge is -2.15. The van der Waals surface area contributed by atoms with E-state index < -0.39 is 0 Å². The van der Waals surface area contributed by atoms with E-state index in [2.05, 4.69) is 10.3 Å². The Kier molecular flexibility index (Phi) is 3.90. The third kappa shape index (κ3) is 3.57. The number of thiazole rings is 1. The fourth-order valence-corrected chi connectivity index (χ4v) is 2.06. The Morgan fingerprint density at radius 1 is 1.69 bits per heavy atom. The molecule has 5 heteroatoms. The minimum atomic E-state index is 0.182. The van der Waals surface area contributed by atoms with Gasteiger partial charge in [0.25, 0.3) is 0 Å². The third-order valence-corrected chi connectivity index (χ3v) is 3.29. The minimum absolute atomic E-state index is 0.182. The summed E-state index contributed by atoms with van der Waals surface area (Å²) < 4.78 is 0. The van der Waals surface area contributed by atoms with Gasteiger partial charge in [0.15, 0.2) is 0 Å². The molecule has 2 rings (SSSR count). The summed E-state index contributed by atoms with van der Waals surface area (Å²) in [6.07, 6.45) is 3.11. The molecule has 1 aliphatic carbocycles. The van der Waals surface area contributed by atoms with Crippen LogP contribution in [0.15, 0.2) is 10.9 Å². The molecule has 0 unspecified atom stereocenters. The van der Waals surface area contributed by atoms with E-state index in [1.165, 1.54) is 12.8 Å². The molecule has 4 nitrogen and oxygen atoms in total. The van der Waals surface area contributed by atoms with Gasteiger partial charge in [-0.15, -0.1) is 11.3 Å². The number of nitrogens with zero attached hydrogens (tertiary/aromatic N) is 2. The Labute approximate surface area is 99.7 Å². The van der Waals surface area contributed by atoms with Crippen LogP contribution in [-0.2, 0) is 11.3 Å². The zero-order chi connectivity index (χ0) is 11.4. The van der Waals surface area contributed by atoms with Crippen LogP contribution in [0.4, 0.5) is 0 Å². The molecule has 0 saturated heterocycles. The quantitative estimate of drug-likeness (QED) is 0.812. The Morgan fingerprint density at radius 2 is 2.50 bits per heavy atom. The second-order valence-corrected chi connectivity index (χ2v) is 4.93. The first kappa shape index (κ1) is 11.5. The molecule has 1 heterocycles. The monoisotopic (exact) mass is 239 g/mol. The van der Waals surface area contributed by atoms with Crippen LogP contribution in [0, 0.1) is 0 Å². The molecule has 0 atom stereocenters. The topological polar surface area (TPSA) is 45.2 Å². The van der Waals surface area contributed by atoms with Gasteiger partial charge >= 0.3 is 0 Å². The van der Waals surface area contributed by atoms with Crippen LogP contribution >= 0.6 is 11.3 Å². The molecule has 0 aromatic carbocycles. The number of hydrogen-bond acceptors (Lipinski definition) is 4. The first-order valence-corrected chi connectivity index (χ1v) is 6.54. The van der Waals surface area contributed by atoms with Gasteiger partial charge in [-0.25, -0.2) is 4.98 Å². The fraction of sp³-hybridized carbons (Fsp3) is 0.636. The Balaban J connectivity index is 1.66. The zero-order valence-electron chi connectivity index (χ0n) is 9.48. The van der Waals surface area contributed by atoms with Crippen molar-refractivity contribution in [3.8, 4) is 0 Å². The molecule has 1 amide bonds. The highest BCUT2D eigenvalue weighted by atomic mass is 32.1. The maximum Gasteiger partial charge on any atom is 0.223 e. The Morgan fingerprint density at radius 3 is 3.12 bits per heavy atom. The van der Waals surface area contributed by atoms with E-state index in [9.17, 15) is 4.79 Å². The van der Waals surface area contributed by atoms with Gasteiger partial charge in [0.1, 0.15) is 0 Å². The van der Waals surface area contributed by atoms with Crippen molar-refractivity contribution >= 4 is 17.2 Å². The maximum atomic E-state index is 11.7. The minimum Gasteiger partial charge on any atom is -0.340 e. The van der Waals surface area contributed by atoms with E-state index in [4.69, 9.17) is 0 Å². The summed E-state index contributed by atoms with van der Waals surface area (Å²) in [6.45, 7) is 1.41. The summed E-state index contributed by atoms with van der Waals surface area (Å²) in [5.41, 5.74) is 2.76. The van der Waals surface area contributed by atoms with Crippen LogP contribution in [-0.4, -0.2) is 35.4 Å². The highest BCUT2D eigenvalue weighted by Gasteiger charge is 2.20. The maximum absolute atomic E-state index is 11.7. The lowest BCUT2D eigenvalue weighted by atomic mass is 10.3. The van der Waals surface area contributed by atoms with Crippen LogP contribution < -0.4 is 5.32 Å². The van der Waals surface area contributed by atoms with Gasteiger partial charge in [-0.05, 0) is 12.8 Å². The van der Waals surface area contributed by atoms with Gasteiger partial charge in [0.2, 0.25) is 5.91 Å². The van der Waals surface area contributed by atoms with Gasteiger partial charge in [-0.1, -0.05) is 0 Å². The number of amides is 1. The van der Waals surface area contributed by atoms with E-state index in [0.29, 0.717) is 19.0 Å². The molecule has 1 aromatic rings. The van der Waals surface area contributed by atoms with E-state index in [1.807, 2.05) is 12.4 Å². The van der Waals surface area contributed by atoms with Crippen LogP contribution in [0.25, 0.3) is 0 Å². The number of carbonyl (C=O) groups is 1. The predicted octanol–water partition coefficient (Wildman–Crippen LogP) is 1.24. The molecule has 0 aliphatic heterocycles. The van der Waals surface area contributed by atoms with E-state index in [0.717, 1.165) is 12.2 Å². The normalized spacial score (nSPS) is 15.1. The molecule has 1 aromatic heterocycles. The summed E-state index contributed by atoms with van der Waals surface area (Å²) >= 11 is 1.56. The molecule has 0 radical (unpaired) electrons. The summed E-state index contributed by atoms with van der Waals surface area (Å²) in [5, 5.41) is 5.32. The molecular weight excluding hydrogens is 222 g/mol. The van der Waals surface area contributed by atoms with E-state index in [1.54, 1.807) is 21.7 Å². The lowest BCUT2D eigenvalue weighted by molar-refractivity contribution is -0.130. The number of hydrogen-bond donors (Lipinski definition) is 1. The summed E-state index contributed by atoms with van der Waals surface area (Å²) in [7, 11) is 1.83. The molecule has 1 N–H and O–H groups in total. The lowest BCUT2D eigenvalue weighted by Crippen LogP contribution is -2.30. The predicted molar refractivity (Wildman–Crippen MR) is 64.2 cm³/mol. The second-order valence-electron chi connectivity index (χ2n) is 4.21. The van der Waals surface area contributed by atoms with Crippen LogP contribution in [0.3, 0.4) is 0 Å². The van der Waals surface area contributed by atoms with Crippen molar-refractivity contribution < 1.29 is 4.79 Å². The molecule has 0 bridgehead atoms. The van der Waals surface area contributed by atoms with Crippen molar-refractivity contribution in [3.63, 3.8) is 0 Å². The van der Waals surface area contributed by atoms with Gasteiger partial charge in [-0.3, -0.25) is 4.79 Å². The SMILES string of the molecule is CN(Cc1cscn1)C(=O)CCNC1CC1. The molecule has 1 fully saturated rings. The van der Waals surface area contributed by atoms with Gasteiger partial charge in [0, 0.05) is 31.4 Å². The fourth-order valence-electron chi connectivity index (χ4n) is 1.51. The molecule has 16 heavy (non-hydrogen) atoms. The van der Waals surface area contributed by atoms with Crippen molar-refractivity contribution in [1.82, 2.24) is 15.2 Å². The summed E-state index contributed by atoms with van der Waals surface area (Å²) in [5.74, 6) is 0.182. The third-order valence-electron chi connectivity index (χ3n) is 2.66. The smallest absolute Gasteiger partial charge is 0.223 e. The Hall–Kier alpha value is -0.940. The highest BCUT2D eigenvalue weighted by Crippen LogP contribution is 2.18. The van der Waals surface area contributed by atoms with Gasteiger partial charge in [0.05, 0.1) is 17.7 Å². The number of rotatable bonds is 6. The van der Waals surface area contributed by atoms with Crippen LogP contribution in [0.2, 0.25) is 0 Å². The van der Waals surface area contributed by atoms with E-state index in [-0.39, 0.29) is 5.91 Å². The molecule has 88 valence electrons. The largest absolute Gasteiger partial charge is 0.340 e. The standard InChI is InChI=1S/C11H17N3OS/c1-14(6-10-7-16-8-13-10)11(15)4-5-12-9-2-3-9/h7-9,12H,2-6H2,1H3. The van der Waals surface area contributed by atoms with Gasteiger partial charge in [-0.2, -0.15) is 0 Å². The van der Waals surface area contributed by atoms with Crippen LogP contribution in [0.5, 0.6) is 0 Å². The van der Waals surface area contributed by atoms with Crippen molar-refractivity contribution in [1.29, 1.82) is 0 Å². The highest BCUT2D eigenvalue weighted by molar-refractivity contribution is 7.07. The second kappa shape index (κ2) is 5.41. The average Bonchev–Trinajstić information content (AvgIpc) is 2.95. The summed E-state index contributed by atoms with van der Waals surface area (Å²) in [4.78, 5) is 17.6. The number of carbonyl (C=O) groups excluding carboxylic acids is 1. The van der Waals surface area contributed by atoms with Crippen molar-refractivity contribution in [2.45, 2.75) is 31.8 Å². The first-order chi connectivity index (χ1) is 7.75. The van der Waals surface area contributed by atoms with Crippen molar-refractivity contribution in [2.75, 3.05) is 13.6 Å². The van der Waals surface area contributed by atoms with Crippen molar-refractivity contribution in [2.24, 2.45) is 0 Å².